The molecule has 1 atom stereocenters. The van der Waals surface area contributed by atoms with Gasteiger partial charge in [0.2, 0.25) is 0 Å². The Bertz CT molecular complexity index is 612. The number of rotatable bonds is 2. The third-order valence-electron chi connectivity index (χ3n) is 3.61. The largest absolute Gasteiger partial charge is 0.411 e. The summed E-state index contributed by atoms with van der Waals surface area (Å²) in [6.45, 7) is 2.58. The number of para-hydroxylation sites is 1. The summed E-state index contributed by atoms with van der Waals surface area (Å²) in [5.41, 5.74) is 3.30. The van der Waals surface area contributed by atoms with Crippen molar-refractivity contribution in [2.45, 2.75) is 32.4 Å². The van der Waals surface area contributed by atoms with E-state index >= 15 is 0 Å². The van der Waals surface area contributed by atoms with Gasteiger partial charge in [-0.2, -0.15) is 0 Å². The minimum Gasteiger partial charge on any atom is -0.411 e. The lowest BCUT2D eigenvalue weighted by molar-refractivity contribution is -0.0295. The molecule has 0 bridgehead atoms. The Morgan fingerprint density at radius 2 is 2.37 bits per heavy atom. The molecule has 3 rings (SSSR count). The van der Waals surface area contributed by atoms with Crippen LogP contribution in [0.4, 0.5) is 0 Å². The SMILES string of the molecule is CC(=NO)c1cccc2c1ncn2C1CCCCO1. The summed E-state index contributed by atoms with van der Waals surface area (Å²) in [5.74, 6) is 0. The third kappa shape index (κ3) is 2.10. The second-order valence-electron chi connectivity index (χ2n) is 4.83. The van der Waals surface area contributed by atoms with Gasteiger partial charge in [-0.15, -0.1) is 0 Å². The van der Waals surface area contributed by atoms with Crippen molar-refractivity contribution in [3.8, 4) is 0 Å². The van der Waals surface area contributed by atoms with Crippen molar-refractivity contribution >= 4 is 16.7 Å². The molecule has 5 heteroatoms. The monoisotopic (exact) mass is 259 g/mol. The number of hydrogen-bond donors (Lipinski definition) is 1. The predicted molar refractivity (Wildman–Crippen MR) is 72.6 cm³/mol. The first kappa shape index (κ1) is 12.2. The van der Waals surface area contributed by atoms with Gasteiger partial charge in [-0.25, -0.2) is 4.98 Å². The van der Waals surface area contributed by atoms with Crippen LogP contribution in [0.15, 0.2) is 29.7 Å². The molecular weight excluding hydrogens is 242 g/mol. The average molecular weight is 259 g/mol. The summed E-state index contributed by atoms with van der Waals surface area (Å²) in [4.78, 5) is 4.45. The summed E-state index contributed by atoms with van der Waals surface area (Å²) in [7, 11) is 0. The molecule has 0 radical (unpaired) electrons. The van der Waals surface area contributed by atoms with Crippen molar-refractivity contribution in [3.05, 3.63) is 30.1 Å². The van der Waals surface area contributed by atoms with E-state index in [2.05, 4.69) is 14.7 Å². The number of hydrogen-bond acceptors (Lipinski definition) is 4. The maximum atomic E-state index is 8.93. The molecule has 2 heterocycles. The first-order chi connectivity index (χ1) is 9.31. The van der Waals surface area contributed by atoms with Gasteiger partial charge in [-0.3, -0.25) is 0 Å². The normalized spacial score (nSPS) is 20.9. The molecule has 1 fully saturated rings. The lowest BCUT2D eigenvalue weighted by Crippen LogP contribution is -2.17. The van der Waals surface area contributed by atoms with Gasteiger partial charge in [0.05, 0.1) is 23.1 Å². The standard InChI is InChI=1S/C14H17N3O2/c1-10(16-18)11-5-4-6-12-14(11)15-9-17(12)13-7-2-3-8-19-13/h4-6,9,13,18H,2-3,7-8H2,1H3. The lowest BCUT2D eigenvalue weighted by Gasteiger charge is -2.24. The summed E-state index contributed by atoms with van der Waals surface area (Å²) in [6, 6.07) is 5.89. The van der Waals surface area contributed by atoms with Crippen LogP contribution in [0.2, 0.25) is 0 Å². The predicted octanol–water partition coefficient (Wildman–Crippen LogP) is 2.93. The van der Waals surface area contributed by atoms with Gasteiger partial charge in [0.15, 0.2) is 0 Å². The molecule has 1 saturated heterocycles. The van der Waals surface area contributed by atoms with Crippen LogP contribution in [0.1, 0.15) is 38.0 Å². The zero-order valence-corrected chi connectivity index (χ0v) is 10.9. The van der Waals surface area contributed by atoms with Crippen LogP contribution >= 0.6 is 0 Å². The number of nitrogens with zero attached hydrogens (tertiary/aromatic N) is 3. The van der Waals surface area contributed by atoms with E-state index in [9.17, 15) is 0 Å². The maximum Gasteiger partial charge on any atom is 0.135 e. The smallest absolute Gasteiger partial charge is 0.135 e. The van der Waals surface area contributed by atoms with Crippen LogP contribution < -0.4 is 0 Å². The van der Waals surface area contributed by atoms with Gasteiger partial charge in [0.25, 0.3) is 0 Å². The number of oxime groups is 1. The van der Waals surface area contributed by atoms with Crippen molar-refractivity contribution < 1.29 is 9.94 Å². The zero-order valence-electron chi connectivity index (χ0n) is 10.9. The van der Waals surface area contributed by atoms with E-state index in [1.54, 1.807) is 6.92 Å². The fourth-order valence-electron chi connectivity index (χ4n) is 2.58. The second-order valence-corrected chi connectivity index (χ2v) is 4.83. The number of fused-ring (bicyclic) bond motifs is 1. The topological polar surface area (TPSA) is 59.6 Å². The maximum absolute atomic E-state index is 8.93. The molecular formula is C14H17N3O2. The Morgan fingerprint density at radius 1 is 1.47 bits per heavy atom. The van der Waals surface area contributed by atoms with Gasteiger partial charge in [0, 0.05) is 12.2 Å². The van der Waals surface area contributed by atoms with E-state index < -0.39 is 0 Å². The van der Waals surface area contributed by atoms with Crippen LogP contribution in [0, 0.1) is 0 Å². The van der Waals surface area contributed by atoms with Crippen LogP contribution in [0.5, 0.6) is 0 Å². The highest BCUT2D eigenvalue weighted by Gasteiger charge is 2.19. The quantitative estimate of drug-likeness (QED) is 0.512. The minimum absolute atomic E-state index is 0.0698. The van der Waals surface area contributed by atoms with Crippen LogP contribution in [0.3, 0.4) is 0 Å². The van der Waals surface area contributed by atoms with E-state index in [-0.39, 0.29) is 6.23 Å². The van der Waals surface area contributed by atoms with Crippen molar-refractivity contribution in [2.75, 3.05) is 6.61 Å². The molecule has 1 N–H and O–H groups in total. The number of imidazole rings is 1. The van der Waals surface area contributed by atoms with Gasteiger partial charge in [0.1, 0.15) is 6.23 Å². The molecule has 1 aliphatic heterocycles. The molecule has 1 aromatic carbocycles. The Hall–Kier alpha value is -1.88. The fraction of sp³-hybridized carbons (Fsp3) is 0.429. The molecule has 100 valence electrons. The first-order valence-electron chi connectivity index (χ1n) is 6.57. The summed E-state index contributed by atoms with van der Waals surface area (Å²) < 4.78 is 7.87. The molecule has 0 spiro atoms. The molecule has 2 aromatic rings. The van der Waals surface area contributed by atoms with Crippen molar-refractivity contribution in [1.29, 1.82) is 0 Å². The zero-order chi connectivity index (χ0) is 13.2. The van der Waals surface area contributed by atoms with Crippen molar-refractivity contribution in [1.82, 2.24) is 9.55 Å². The Kier molecular flexibility index (Phi) is 3.21. The fourth-order valence-corrected chi connectivity index (χ4v) is 2.58. The van der Waals surface area contributed by atoms with Crippen LogP contribution in [-0.2, 0) is 4.74 Å². The highest BCUT2D eigenvalue weighted by atomic mass is 16.5. The van der Waals surface area contributed by atoms with E-state index in [0.717, 1.165) is 36.0 Å². The van der Waals surface area contributed by atoms with Gasteiger partial charge in [-0.1, -0.05) is 17.3 Å². The number of aromatic nitrogens is 2. The average Bonchev–Trinajstić information content (AvgIpc) is 2.91. The molecule has 0 saturated carbocycles. The summed E-state index contributed by atoms with van der Waals surface area (Å²) >= 11 is 0. The van der Waals surface area contributed by atoms with Crippen molar-refractivity contribution in [3.63, 3.8) is 0 Å². The number of ether oxygens (including phenoxy) is 1. The Balaban J connectivity index is 2.08. The van der Waals surface area contributed by atoms with Gasteiger partial charge >= 0.3 is 0 Å². The molecule has 0 aliphatic carbocycles. The third-order valence-corrected chi connectivity index (χ3v) is 3.61. The van der Waals surface area contributed by atoms with Crippen LogP contribution in [0.25, 0.3) is 11.0 Å². The second kappa shape index (κ2) is 5.01. The molecule has 5 nitrogen and oxygen atoms in total. The van der Waals surface area contributed by atoms with E-state index in [1.165, 1.54) is 6.42 Å². The molecule has 19 heavy (non-hydrogen) atoms. The van der Waals surface area contributed by atoms with E-state index in [1.807, 2.05) is 24.5 Å². The van der Waals surface area contributed by atoms with E-state index in [0.29, 0.717) is 5.71 Å². The summed E-state index contributed by atoms with van der Waals surface area (Å²) in [6.07, 6.45) is 5.21. The highest BCUT2D eigenvalue weighted by molar-refractivity contribution is 6.07. The lowest BCUT2D eigenvalue weighted by atomic mass is 10.1. The first-order valence-corrected chi connectivity index (χ1v) is 6.57. The summed E-state index contributed by atoms with van der Waals surface area (Å²) in [5, 5.41) is 12.2. The highest BCUT2D eigenvalue weighted by Crippen LogP contribution is 2.27. The molecule has 1 aliphatic rings. The Labute approximate surface area is 111 Å². The van der Waals surface area contributed by atoms with Crippen LogP contribution in [-0.4, -0.2) is 27.1 Å². The number of benzene rings is 1. The molecule has 1 aromatic heterocycles. The Morgan fingerprint density at radius 3 is 3.11 bits per heavy atom. The molecule has 1 unspecified atom stereocenters. The van der Waals surface area contributed by atoms with Crippen molar-refractivity contribution in [2.24, 2.45) is 5.16 Å². The van der Waals surface area contributed by atoms with Gasteiger partial charge in [-0.05, 0) is 32.3 Å². The van der Waals surface area contributed by atoms with E-state index in [4.69, 9.17) is 9.94 Å². The van der Waals surface area contributed by atoms with Gasteiger partial charge < -0.3 is 14.5 Å². The molecule has 0 amide bonds. The minimum atomic E-state index is 0.0698.